The average Bonchev–Trinajstić information content (AvgIpc) is 2.73. The smallest absolute Gasteiger partial charge is 0.227 e. The molecule has 156 valence electrons. The highest BCUT2D eigenvalue weighted by atomic mass is 16.5. The quantitative estimate of drug-likeness (QED) is 0.766. The van der Waals surface area contributed by atoms with Crippen molar-refractivity contribution in [3.05, 3.63) is 29.8 Å². The molecule has 0 saturated carbocycles. The average molecular weight is 390 g/mol. The van der Waals surface area contributed by atoms with E-state index in [0.29, 0.717) is 18.4 Å². The molecule has 1 aromatic carbocycles. The van der Waals surface area contributed by atoms with Gasteiger partial charge >= 0.3 is 0 Å². The molecule has 0 bridgehead atoms. The van der Waals surface area contributed by atoms with Crippen molar-refractivity contribution >= 4 is 5.91 Å². The molecule has 2 heterocycles. The maximum absolute atomic E-state index is 13.0. The Labute approximate surface area is 169 Å². The lowest BCUT2D eigenvalue weighted by atomic mass is 9.86. The highest BCUT2D eigenvalue weighted by Gasteiger charge is 2.35. The van der Waals surface area contributed by atoms with E-state index in [4.69, 9.17) is 4.74 Å². The second kappa shape index (κ2) is 10.2. The van der Waals surface area contributed by atoms with Crippen LogP contribution in [0, 0.1) is 5.92 Å². The third kappa shape index (κ3) is 5.25. The zero-order valence-corrected chi connectivity index (χ0v) is 17.3. The number of piperidine rings is 1. The number of nitrogens with zero attached hydrogens (tertiary/aromatic N) is 3. The van der Waals surface area contributed by atoms with Crippen LogP contribution in [0.15, 0.2) is 24.3 Å². The zero-order valence-electron chi connectivity index (χ0n) is 17.3. The second-order valence-electron chi connectivity index (χ2n) is 8.15. The third-order valence-electron chi connectivity index (χ3n) is 6.32. The van der Waals surface area contributed by atoms with Crippen molar-refractivity contribution in [2.24, 2.45) is 5.92 Å². The van der Waals surface area contributed by atoms with E-state index in [2.05, 4.69) is 16.8 Å². The van der Waals surface area contributed by atoms with Gasteiger partial charge in [-0.3, -0.25) is 9.69 Å². The van der Waals surface area contributed by atoms with Gasteiger partial charge in [-0.2, -0.15) is 0 Å². The number of aliphatic hydroxyl groups is 1. The summed E-state index contributed by atoms with van der Waals surface area (Å²) in [6.45, 7) is 6.27. The van der Waals surface area contributed by atoms with Gasteiger partial charge in [0.05, 0.1) is 13.5 Å². The minimum atomic E-state index is 0.176. The van der Waals surface area contributed by atoms with Crippen LogP contribution in [0.3, 0.4) is 0 Å². The molecule has 6 heteroatoms. The Bertz CT molecular complexity index is 631. The number of benzene rings is 1. The van der Waals surface area contributed by atoms with Crippen LogP contribution in [-0.4, -0.2) is 91.8 Å². The Morgan fingerprint density at radius 1 is 1.18 bits per heavy atom. The predicted molar refractivity (Wildman–Crippen MR) is 111 cm³/mol. The van der Waals surface area contributed by atoms with Crippen molar-refractivity contribution in [1.82, 2.24) is 14.7 Å². The number of hydrogen-bond donors (Lipinski definition) is 1. The molecule has 28 heavy (non-hydrogen) atoms. The molecule has 0 unspecified atom stereocenters. The maximum Gasteiger partial charge on any atom is 0.227 e. The number of likely N-dealkylation sites (N-methyl/N-ethyl adjacent to an activating group) is 1. The van der Waals surface area contributed by atoms with Crippen LogP contribution in [-0.2, 0) is 11.2 Å². The van der Waals surface area contributed by atoms with Gasteiger partial charge in [0.2, 0.25) is 5.91 Å². The lowest BCUT2D eigenvalue weighted by Gasteiger charge is -2.46. The molecule has 0 spiro atoms. The Morgan fingerprint density at radius 2 is 1.93 bits per heavy atom. The summed E-state index contributed by atoms with van der Waals surface area (Å²) in [6.07, 6.45) is 3.20. The number of carbonyl (C=O) groups excluding carboxylic acids is 1. The summed E-state index contributed by atoms with van der Waals surface area (Å²) in [6, 6.07) is 8.28. The van der Waals surface area contributed by atoms with E-state index in [0.717, 1.165) is 69.8 Å². The minimum absolute atomic E-state index is 0.176. The molecule has 0 radical (unpaired) electrons. The molecular weight excluding hydrogens is 354 g/mol. The van der Waals surface area contributed by atoms with Gasteiger partial charge in [-0.05, 0) is 38.3 Å². The normalized spacial score (nSPS) is 24.3. The van der Waals surface area contributed by atoms with Crippen LogP contribution < -0.4 is 4.74 Å². The Balaban J connectivity index is 1.63. The van der Waals surface area contributed by atoms with Gasteiger partial charge in [-0.15, -0.1) is 0 Å². The van der Waals surface area contributed by atoms with Crippen molar-refractivity contribution in [3.8, 4) is 5.75 Å². The maximum atomic E-state index is 13.0. The summed E-state index contributed by atoms with van der Waals surface area (Å²) >= 11 is 0. The second-order valence-corrected chi connectivity index (χ2v) is 8.15. The number of aliphatic hydroxyl groups excluding tert-OH is 1. The molecule has 2 fully saturated rings. The minimum Gasteiger partial charge on any atom is -0.496 e. The molecule has 2 aliphatic rings. The topological polar surface area (TPSA) is 56.2 Å². The first-order valence-corrected chi connectivity index (χ1v) is 10.6. The molecule has 2 atom stereocenters. The monoisotopic (exact) mass is 389 g/mol. The fraction of sp³-hybridized carbons (Fsp3) is 0.682. The summed E-state index contributed by atoms with van der Waals surface area (Å²) in [5, 5.41) is 9.34. The number of carbonyl (C=O) groups is 1. The zero-order chi connectivity index (χ0) is 19.9. The molecule has 2 saturated heterocycles. The van der Waals surface area contributed by atoms with E-state index in [-0.39, 0.29) is 12.5 Å². The van der Waals surface area contributed by atoms with Crippen molar-refractivity contribution in [3.63, 3.8) is 0 Å². The lowest BCUT2D eigenvalue weighted by Crippen LogP contribution is -2.57. The number of rotatable bonds is 7. The number of para-hydroxylation sites is 1. The molecular formula is C22H35N3O3. The first kappa shape index (κ1) is 21.1. The lowest BCUT2D eigenvalue weighted by molar-refractivity contribution is -0.133. The van der Waals surface area contributed by atoms with Crippen LogP contribution in [0.2, 0.25) is 0 Å². The van der Waals surface area contributed by atoms with Crippen LogP contribution in [0.4, 0.5) is 0 Å². The van der Waals surface area contributed by atoms with E-state index in [9.17, 15) is 9.90 Å². The van der Waals surface area contributed by atoms with Crippen LogP contribution in [0.25, 0.3) is 0 Å². The number of ether oxygens (including phenoxy) is 1. The van der Waals surface area contributed by atoms with Crippen molar-refractivity contribution in [2.75, 3.05) is 60.0 Å². The first-order chi connectivity index (χ1) is 13.6. The van der Waals surface area contributed by atoms with Crippen LogP contribution in [0.5, 0.6) is 5.75 Å². The van der Waals surface area contributed by atoms with Gasteiger partial charge in [0.15, 0.2) is 0 Å². The molecule has 0 aromatic heterocycles. The molecule has 6 nitrogen and oxygen atoms in total. The Kier molecular flexibility index (Phi) is 7.71. The first-order valence-electron chi connectivity index (χ1n) is 10.6. The van der Waals surface area contributed by atoms with Gasteiger partial charge in [0.25, 0.3) is 0 Å². The summed E-state index contributed by atoms with van der Waals surface area (Å²) < 4.78 is 5.40. The number of methoxy groups -OCH3 is 1. The van der Waals surface area contributed by atoms with Crippen LogP contribution >= 0.6 is 0 Å². The van der Waals surface area contributed by atoms with Gasteiger partial charge in [-0.25, -0.2) is 0 Å². The fourth-order valence-electron chi connectivity index (χ4n) is 4.64. The van der Waals surface area contributed by atoms with Gasteiger partial charge in [0, 0.05) is 57.5 Å². The summed E-state index contributed by atoms with van der Waals surface area (Å²) in [4.78, 5) is 20.0. The molecule has 1 aromatic rings. The van der Waals surface area contributed by atoms with Crippen molar-refractivity contribution in [1.29, 1.82) is 0 Å². The van der Waals surface area contributed by atoms with E-state index in [1.165, 1.54) is 0 Å². The fourth-order valence-corrected chi connectivity index (χ4v) is 4.64. The Morgan fingerprint density at radius 3 is 2.64 bits per heavy atom. The van der Waals surface area contributed by atoms with E-state index in [1.54, 1.807) is 7.11 Å². The van der Waals surface area contributed by atoms with Crippen LogP contribution in [0.1, 0.15) is 24.8 Å². The summed E-state index contributed by atoms with van der Waals surface area (Å²) in [7, 11) is 3.83. The van der Waals surface area contributed by atoms with E-state index >= 15 is 0 Å². The number of amides is 1. The standard InChI is InChI=1S/C22H35N3O3/c1-23-11-13-24(14-12-23)20-9-10-25(17-19(20)7-5-15-26)22(27)16-18-6-3-4-8-21(18)28-2/h3-4,6,8,19-20,26H,5,7,9-17H2,1-2H3/t19-,20+/m0/s1. The third-order valence-corrected chi connectivity index (χ3v) is 6.32. The highest BCUT2D eigenvalue weighted by molar-refractivity contribution is 5.79. The number of piperazine rings is 1. The van der Waals surface area contributed by atoms with Gasteiger partial charge in [0.1, 0.15) is 5.75 Å². The SMILES string of the molecule is COc1ccccc1CC(=O)N1CC[C@@H](N2CCN(C)CC2)[C@@H](CCCO)C1. The number of hydrogen-bond acceptors (Lipinski definition) is 5. The Hall–Kier alpha value is -1.63. The van der Waals surface area contributed by atoms with Crippen molar-refractivity contribution < 1.29 is 14.6 Å². The van der Waals surface area contributed by atoms with Gasteiger partial charge < -0.3 is 19.6 Å². The molecule has 1 N–H and O–H groups in total. The largest absolute Gasteiger partial charge is 0.496 e. The summed E-state index contributed by atoms with van der Waals surface area (Å²) in [5.74, 6) is 1.39. The van der Waals surface area contributed by atoms with Crippen molar-refractivity contribution in [2.45, 2.75) is 31.7 Å². The molecule has 0 aliphatic carbocycles. The molecule has 2 aliphatic heterocycles. The van der Waals surface area contributed by atoms with E-state index < -0.39 is 0 Å². The van der Waals surface area contributed by atoms with Gasteiger partial charge in [-0.1, -0.05) is 18.2 Å². The highest BCUT2D eigenvalue weighted by Crippen LogP contribution is 2.28. The number of likely N-dealkylation sites (tertiary alicyclic amines) is 1. The van der Waals surface area contributed by atoms with E-state index in [1.807, 2.05) is 29.2 Å². The molecule has 1 amide bonds. The summed E-state index contributed by atoms with van der Waals surface area (Å²) in [5.41, 5.74) is 0.947. The molecule has 3 rings (SSSR count). The predicted octanol–water partition coefficient (Wildman–Crippen LogP) is 1.47.